The zero-order valence-corrected chi connectivity index (χ0v) is 12.9. The fourth-order valence-corrected chi connectivity index (χ4v) is 2.43. The molecule has 1 N–H and O–H groups in total. The summed E-state index contributed by atoms with van der Waals surface area (Å²) in [5, 5.41) is 3.72. The standard InChI is InChI=1S/C17H27NO/c1-12(2)19-16-8-6-7-15(11-16)13(3)18-14(4)17(5)9-10-17/h6-8,11-14,18H,9-10H2,1-5H3. The van der Waals surface area contributed by atoms with E-state index in [1.807, 2.05) is 6.07 Å². The first-order chi connectivity index (χ1) is 8.90. The van der Waals surface area contributed by atoms with Gasteiger partial charge in [0, 0.05) is 12.1 Å². The molecule has 0 bridgehead atoms. The van der Waals surface area contributed by atoms with Crippen LogP contribution in [-0.4, -0.2) is 12.1 Å². The van der Waals surface area contributed by atoms with Gasteiger partial charge in [0.15, 0.2) is 0 Å². The number of ether oxygens (including phenoxy) is 1. The highest BCUT2D eigenvalue weighted by Gasteiger charge is 2.42. The van der Waals surface area contributed by atoms with Gasteiger partial charge in [-0.15, -0.1) is 0 Å². The van der Waals surface area contributed by atoms with Crippen molar-refractivity contribution < 1.29 is 4.74 Å². The maximum atomic E-state index is 5.76. The van der Waals surface area contributed by atoms with Gasteiger partial charge in [-0.05, 0) is 63.6 Å². The molecule has 1 aliphatic rings. The molecule has 19 heavy (non-hydrogen) atoms. The van der Waals surface area contributed by atoms with E-state index in [2.05, 4.69) is 58.1 Å². The molecular weight excluding hydrogens is 234 g/mol. The Morgan fingerprint density at radius 3 is 2.42 bits per heavy atom. The molecule has 1 fully saturated rings. The zero-order valence-electron chi connectivity index (χ0n) is 12.9. The third kappa shape index (κ3) is 3.73. The van der Waals surface area contributed by atoms with Gasteiger partial charge in [-0.2, -0.15) is 0 Å². The highest BCUT2D eigenvalue weighted by Crippen LogP contribution is 2.48. The summed E-state index contributed by atoms with van der Waals surface area (Å²) in [4.78, 5) is 0. The summed E-state index contributed by atoms with van der Waals surface area (Å²) in [6, 6.07) is 9.36. The number of hydrogen-bond acceptors (Lipinski definition) is 2. The smallest absolute Gasteiger partial charge is 0.120 e. The van der Waals surface area contributed by atoms with Crippen LogP contribution in [0.15, 0.2) is 24.3 Å². The van der Waals surface area contributed by atoms with Gasteiger partial charge in [-0.1, -0.05) is 19.1 Å². The van der Waals surface area contributed by atoms with Crippen LogP contribution >= 0.6 is 0 Å². The van der Waals surface area contributed by atoms with Crippen molar-refractivity contribution in [2.45, 2.75) is 65.6 Å². The second-order valence-electron chi connectivity index (χ2n) is 6.50. The molecule has 2 heteroatoms. The van der Waals surface area contributed by atoms with Crippen LogP contribution in [0.3, 0.4) is 0 Å². The van der Waals surface area contributed by atoms with E-state index >= 15 is 0 Å². The van der Waals surface area contributed by atoms with Crippen LogP contribution in [0.1, 0.15) is 59.1 Å². The Hall–Kier alpha value is -1.02. The van der Waals surface area contributed by atoms with Crippen LogP contribution in [0.2, 0.25) is 0 Å². The third-order valence-electron chi connectivity index (χ3n) is 4.31. The van der Waals surface area contributed by atoms with Crippen molar-refractivity contribution in [2.75, 3.05) is 0 Å². The van der Waals surface area contributed by atoms with Crippen LogP contribution in [0.25, 0.3) is 0 Å². The topological polar surface area (TPSA) is 21.3 Å². The van der Waals surface area contributed by atoms with Crippen LogP contribution in [0.4, 0.5) is 0 Å². The van der Waals surface area contributed by atoms with E-state index in [9.17, 15) is 0 Å². The molecule has 0 saturated heterocycles. The summed E-state index contributed by atoms with van der Waals surface area (Å²) in [5.74, 6) is 0.964. The van der Waals surface area contributed by atoms with Crippen molar-refractivity contribution in [2.24, 2.45) is 5.41 Å². The third-order valence-corrected chi connectivity index (χ3v) is 4.31. The number of hydrogen-bond donors (Lipinski definition) is 1. The second kappa shape index (κ2) is 5.54. The van der Waals surface area contributed by atoms with Gasteiger partial charge >= 0.3 is 0 Å². The lowest BCUT2D eigenvalue weighted by atomic mass is 9.98. The van der Waals surface area contributed by atoms with Gasteiger partial charge in [0.1, 0.15) is 5.75 Å². The zero-order chi connectivity index (χ0) is 14.0. The summed E-state index contributed by atoms with van der Waals surface area (Å²) >= 11 is 0. The summed E-state index contributed by atoms with van der Waals surface area (Å²) in [6.07, 6.45) is 2.93. The summed E-state index contributed by atoms with van der Waals surface area (Å²) in [5.41, 5.74) is 1.81. The summed E-state index contributed by atoms with van der Waals surface area (Å²) in [6.45, 7) is 11.0. The fourth-order valence-electron chi connectivity index (χ4n) is 2.43. The minimum Gasteiger partial charge on any atom is -0.491 e. The Morgan fingerprint density at radius 2 is 1.84 bits per heavy atom. The van der Waals surface area contributed by atoms with Crippen molar-refractivity contribution in [3.05, 3.63) is 29.8 Å². The lowest BCUT2D eigenvalue weighted by Gasteiger charge is -2.25. The quantitative estimate of drug-likeness (QED) is 0.823. The van der Waals surface area contributed by atoms with E-state index in [1.165, 1.54) is 18.4 Å². The van der Waals surface area contributed by atoms with Gasteiger partial charge in [-0.3, -0.25) is 0 Å². The molecule has 2 rings (SSSR count). The van der Waals surface area contributed by atoms with E-state index in [-0.39, 0.29) is 6.10 Å². The van der Waals surface area contributed by atoms with E-state index in [0.717, 1.165) is 5.75 Å². The van der Waals surface area contributed by atoms with E-state index in [4.69, 9.17) is 4.74 Å². The first kappa shape index (κ1) is 14.4. The Morgan fingerprint density at radius 1 is 1.16 bits per heavy atom. The first-order valence-corrected chi connectivity index (χ1v) is 7.43. The molecule has 0 aliphatic heterocycles. The Labute approximate surface area is 117 Å². The molecule has 1 aromatic rings. The van der Waals surface area contributed by atoms with Crippen LogP contribution < -0.4 is 10.1 Å². The van der Waals surface area contributed by atoms with Crippen LogP contribution in [0.5, 0.6) is 5.75 Å². The molecule has 2 nitrogen and oxygen atoms in total. The molecule has 2 atom stereocenters. The molecule has 106 valence electrons. The molecule has 1 aliphatic carbocycles. The van der Waals surface area contributed by atoms with Gasteiger partial charge in [-0.25, -0.2) is 0 Å². The Bertz CT molecular complexity index is 423. The highest BCUT2D eigenvalue weighted by molar-refractivity contribution is 5.30. The largest absolute Gasteiger partial charge is 0.491 e. The lowest BCUT2D eigenvalue weighted by molar-refractivity contribution is 0.242. The predicted molar refractivity (Wildman–Crippen MR) is 80.6 cm³/mol. The molecule has 0 amide bonds. The van der Waals surface area contributed by atoms with Gasteiger partial charge in [0.25, 0.3) is 0 Å². The maximum Gasteiger partial charge on any atom is 0.120 e. The lowest BCUT2D eigenvalue weighted by Crippen LogP contribution is -2.35. The number of rotatable bonds is 6. The van der Waals surface area contributed by atoms with Crippen molar-refractivity contribution in [3.63, 3.8) is 0 Å². The summed E-state index contributed by atoms with van der Waals surface area (Å²) < 4.78 is 5.76. The second-order valence-corrected chi connectivity index (χ2v) is 6.50. The summed E-state index contributed by atoms with van der Waals surface area (Å²) in [7, 11) is 0. The minimum absolute atomic E-state index is 0.225. The van der Waals surface area contributed by atoms with Gasteiger partial charge in [0.05, 0.1) is 6.10 Å². The van der Waals surface area contributed by atoms with Crippen molar-refractivity contribution in [1.29, 1.82) is 0 Å². The fraction of sp³-hybridized carbons (Fsp3) is 0.647. The van der Waals surface area contributed by atoms with Crippen molar-refractivity contribution in [3.8, 4) is 5.75 Å². The average Bonchev–Trinajstić information content (AvgIpc) is 3.08. The molecule has 2 unspecified atom stereocenters. The van der Waals surface area contributed by atoms with Crippen LogP contribution in [-0.2, 0) is 0 Å². The highest BCUT2D eigenvalue weighted by atomic mass is 16.5. The molecular formula is C17H27NO. The predicted octanol–water partition coefficient (Wildman–Crippen LogP) is 4.31. The number of benzene rings is 1. The van der Waals surface area contributed by atoms with Gasteiger partial charge in [0.2, 0.25) is 0 Å². The Kier molecular flexibility index (Phi) is 4.19. The minimum atomic E-state index is 0.225. The Balaban J connectivity index is 2.00. The molecule has 0 spiro atoms. The molecule has 1 saturated carbocycles. The monoisotopic (exact) mass is 261 g/mol. The molecule has 1 aromatic carbocycles. The van der Waals surface area contributed by atoms with Gasteiger partial charge < -0.3 is 10.1 Å². The molecule has 0 heterocycles. The maximum absolute atomic E-state index is 5.76. The van der Waals surface area contributed by atoms with E-state index in [1.54, 1.807) is 0 Å². The van der Waals surface area contributed by atoms with Crippen molar-refractivity contribution >= 4 is 0 Å². The van der Waals surface area contributed by atoms with Crippen molar-refractivity contribution in [1.82, 2.24) is 5.32 Å². The SMILES string of the molecule is CC(C)Oc1cccc(C(C)NC(C)C2(C)CC2)c1. The average molecular weight is 261 g/mol. The normalized spacial score (nSPS) is 20.1. The molecule has 0 aromatic heterocycles. The molecule has 0 radical (unpaired) electrons. The first-order valence-electron chi connectivity index (χ1n) is 7.43. The van der Waals surface area contributed by atoms with E-state index < -0.39 is 0 Å². The van der Waals surface area contributed by atoms with E-state index in [0.29, 0.717) is 17.5 Å². The number of nitrogens with one attached hydrogen (secondary N) is 1. The van der Waals surface area contributed by atoms with Crippen LogP contribution in [0, 0.1) is 5.41 Å².